The van der Waals surface area contributed by atoms with E-state index in [2.05, 4.69) is 0 Å². The van der Waals surface area contributed by atoms with Crippen LogP contribution in [0.25, 0.3) is 0 Å². The first-order valence-electron chi connectivity index (χ1n) is 0.383. The molecule has 4 heavy (non-hydrogen) atoms. The average Bonchev–Trinajstić information content (AvgIpc) is 0.918. The van der Waals surface area contributed by atoms with Crippen molar-refractivity contribution in [3.05, 3.63) is 0 Å². The summed E-state index contributed by atoms with van der Waals surface area (Å²) in [6, 6.07) is 0. The molecule has 0 aromatic carbocycles. The van der Waals surface area contributed by atoms with E-state index in [9.17, 15) is 0 Å². The lowest BCUT2D eigenvalue weighted by atomic mass is 15.9. The Bertz CT molecular complexity index is 11.5. The van der Waals surface area contributed by atoms with Crippen LogP contribution in [0.5, 0.6) is 0 Å². The Balaban J connectivity index is 0. The second-order valence-corrected chi connectivity index (χ2v) is 0.245. The monoisotopic (exact) mass is 98.0 g/mol. The highest BCUT2D eigenvalue weighted by atomic mass is 31.1. The van der Waals surface area contributed by atoms with Crippen LogP contribution >= 0.6 is 18.6 Å². The highest BCUT2D eigenvalue weighted by Crippen LogP contribution is 1.66. The van der Waals surface area contributed by atoms with Crippen LogP contribution in [0.3, 0.4) is 0 Å². The van der Waals surface area contributed by atoms with Gasteiger partial charge in [0.1, 0.15) is 0 Å². The molecule has 0 saturated carbocycles. The summed E-state index contributed by atoms with van der Waals surface area (Å²) in [6.45, 7) is 0. The zero-order chi connectivity index (χ0) is 2.71. The summed E-state index contributed by atoms with van der Waals surface area (Å²) in [4.78, 5) is 6.99. The predicted octanol–water partition coefficient (Wildman–Crippen LogP) is 0.243. The van der Waals surface area contributed by atoms with Crippen LogP contribution in [0.2, 0.25) is 0 Å². The molecule has 0 aromatic heterocycles. The molecule has 1 atom stereocenters. The Morgan fingerprint density at radius 3 is 1.75 bits per heavy atom. The standard InChI is InChI=1S/HO2P.H3P/c1-3-2;/h(H,1,2);1H3. The average molecular weight is 98.0 g/mol. The third-order valence-electron chi connectivity index (χ3n) is 0. The fourth-order valence-electron chi connectivity index (χ4n) is 0. The summed E-state index contributed by atoms with van der Waals surface area (Å²) in [5.41, 5.74) is 0. The summed E-state index contributed by atoms with van der Waals surface area (Å²) in [5.74, 6) is 0. The van der Waals surface area contributed by atoms with Crippen LogP contribution in [0, 0.1) is 0 Å². The van der Waals surface area contributed by atoms with Crippen molar-refractivity contribution in [1.29, 1.82) is 0 Å². The van der Waals surface area contributed by atoms with Gasteiger partial charge < -0.3 is 4.89 Å². The molecule has 1 N–H and O–H groups in total. The maximum absolute atomic E-state index is 8.46. The van der Waals surface area contributed by atoms with E-state index in [1.165, 1.54) is 0 Å². The molecule has 0 spiro atoms. The summed E-state index contributed by atoms with van der Waals surface area (Å²) in [5, 5.41) is 0. The fourth-order valence-corrected chi connectivity index (χ4v) is 0. The zero-order valence-electron chi connectivity index (χ0n) is 2.01. The van der Waals surface area contributed by atoms with Gasteiger partial charge in [-0.2, -0.15) is 9.90 Å². The summed E-state index contributed by atoms with van der Waals surface area (Å²) < 4.78 is 8.46. The number of hydrogen-bond donors (Lipinski definition) is 1. The van der Waals surface area contributed by atoms with Crippen molar-refractivity contribution in [2.45, 2.75) is 0 Å². The van der Waals surface area contributed by atoms with Gasteiger partial charge in [-0.15, -0.1) is 0 Å². The molecule has 2 nitrogen and oxygen atoms in total. The predicted molar refractivity (Wildman–Crippen MR) is 20.9 cm³/mol. The first kappa shape index (κ1) is 8.82. The minimum Gasteiger partial charge on any atom is -0.310 e. The first-order valence-corrected chi connectivity index (χ1v) is 1.15. The topological polar surface area (TPSA) is 37.3 Å². The number of hydrogen-bond acceptors (Lipinski definition) is 1. The third kappa shape index (κ3) is 23.0. The molecular weight excluding hydrogens is 93.9 g/mol. The molecule has 0 saturated heterocycles. The highest BCUT2D eigenvalue weighted by molar-refractivity contribution is 7.16. The molecule has 1 unspecified atom stereocenters. The van der Waals surface area contributed by atoms with Crippen LogP contribution < -0.4 is 0 Å². The van der Waals surface area contributed by atoms with Gasteiger partial charge in [0.25, 0.3) is 0 Å². The molecule has 0 amide bonds. The molecule has 0 aliphatic rings. The third-order valence-corrected chi connectivity index (χ3v) is 0. The van der Waals surface area contributed by atoms with E-state index in [4.69, 9.17) is 9.46 Å². The van der Waals surface area contributed by atoms with Crippen LogP contribution in [-0.2, 0) is 4.57 Å². The lowest BCUT2D eigenvalue weighted by Gasteiger charge is -1.24. The van der Waals surface area contributed by atoms with Crippen LogP contribution in [-0.4, -0.2) is 4.89 Å². The molecule has 0 aliphatic carbocycles. The maximum atomic E-state index is 8.46. The van der Waals surface area contributed by atoms with Gasteiger partial charge in [0, 0.05) is 0 Å². The molecule has 0 aliphatic heterocycles. The SMILES string of the molecule is O=PO.P. The molecule has 0 aromatic rings. The Morgan fingerprint density at radius 1 is 1.75 bits per heavy atom. The summed E-state index contributed by atoms with van der Waals surface area (Å²) in [6.07, 6.45) is 0. The molecular formula is H4O2P2. The van der Waals surface area contributed by atoms with E-state index in [1.54, 1.807) is 0 Å². The summed E-state index contributed by atoms with van der Waals surface area (Å²) >= 11 is 0. The highest BCUT2D eigenvalue weighted by Gasteiger charge is 1.28. The molecule has 0 bridgehead atoms. The fraction of sp³-hybridized carbons (Fsp3) is 0. The second-order valence-electron chi connectivity index (χ2n) is 0.0816. The van der Waals surface area contributed by atoms with Gasteiger partial charge in [-0.05, 0) is 0 Å². The first-order chi connectivity index (χ1) is 1.41. The van der Waals surface area contributed by atoms with E-state index in [0.29, 0.717) is 0 Å². The zero-order valence-corrected chi connectivity index (χ0v) is 4.32. The lowest BCUT2D eigenvalue weighted by Crippen LogP contribution is -1.03. The van der Waals surface area contributed by atoms with Crippen molar-refractivity contribution in [3.63, 3.8) is 0 Å². The smallest absolute Gasteiger partial charge is 0.310 e. The van der Waals surface area contributed by atoms with Gasteiger partial charge in [0.05, 0.1) is 0 Å². The largest absolute Gasteiger partial charge is 0.324 e. The molecule has 0 heterocycles. The quantitative estimate of drug-likeness (QED) is 0.440. The van der Waals surface area contributed by atoms with E-state index >= 15 is 0 Å². The molecule has 0 fully saturated rings. The van der Waals surface area contributed by atoms with Crippen LogP contribution in [0.15, 0.2) is 0 Å². The van der Waals surface area contributed by atoms with Crippen molar-refractivity contribution >= 4 is 18.6 Å². The lowest BCUT2D eigenvalue weighted by molar-refractivity contribution is 0.524. The summed E-state index contributed by atoms with van der Waals surface area (Å²) in [7, 11) is -0.833. The van der Waals surface area contributed by atoms with Gasteiger partial charge in [-0.25, -0.2) is 4.57 Å². The van der Waals surface area contributed by atoms with E-state index in [0.717, 1.165) is 0 Å². The van der Waals surface area contributed by atoms with Crippen molar-refractivity contribution in [2.24, 2.45) is 0 Å². The van der Waals surface area contributed by atoms with Gasteiger partial charge in [-0.1, -0.05) is 0 Å². The number of rotatable bonds is 0. The van der Waals surface area contributed by atoms with E-state index in [-0.39, 0.29) is 9.90 Å². The van der Waals surface area contributed by atoms with Gasteiger partial charge in [-0.3, -0.25) is 0 Å². The molecule has 4 heteroatoms. The Hall–Kier alpha value is 0.490. The van der Waals surface area contributed by atoms with Crippen molar-refractivity contribution in [3.8, 4) is 0 Å². The molecule has 26 valence electrons. The Labute approximate surface area is 29.1 Å². The van der Waals surface area contributed by atoms with Crippen molar-refractivity contribution in [2.75, 3.05) is 0 Å². The van der Waals surface area contributed by atoms with Crippen LogP contribution in [0.4, 0.5) is 0 Å². The van der Waals surface area contributed by atoms with Gasteiger partial charge in [0.15, 0.2) is 0 Å². The van der Waals surface area contributed by atoms with Crippen LogP contribution in [0.1, 0.15) is 0 Å². The van der Waals surface area contributed by atoms with Crippen molar-refractivity contribution < 1.29 is 9.46 Å². The van der Waals surface area contributed by atoms with E-state index in [1.807, 2.05) is 0 Å². The second kappa shape index (κ2) is 9.75. The van der Waals surface area contributed by atoms with Gasteiger partial charge in [0.2, 0.25) is 0 Å². The molecule has 0 rings (SSSR count). The maximum Gasteiger partial charge on any atom is 0.324 e. The minimum atomic E-state index is -0.833. The van der Waals surface area contributed by atoms with E-state index < -0.39 is 8.69 Å². The Kier molecular flexibility index (Phi) is 21.5. The molecule has 0 radical (unpaired) electrons. The minimum absolute atomic E-state index is 0. The normalized spacial score (nSPS) is 5.25. The Morgan fingerprint density at radius 2 is 1.75 bits per heavy atom. The van der Waals surface area contributed by atoms with Gasteiger partial charge >= 0.3 is 8.69 Å². The van der Waals surface area contributed by atoms with Crippen molar-refractivity contribution in [1.82, 2.24) is 0 Å².